The van der Waals surface area contributed by atoms with Crippen LogP contribution >= 0.6 is 11.8 Å². The topological polar surface area (TPSA) is 29.1 Å². The molecule has 1 N–H and O–H groups in total. The van der Waals surface area contributed by atoms with E-state index in [1.165, 1.54) is 0 Å². The van der Waals surface area contributed by atoms with Gasteiger partial charge in [-0.25, -0.2) is 0 Å². The van der Waals surface area contributed by atoms with Gasteiger partial charge in [-0.05, 0) is 18.1 Å². The van der Waals surface area contributed by atoms with E-state index in [4.69, 9.17) is 0 Å². The second kappa shape index (κ2) is 6.30. The maximum Gasteiger partial charge on any atom is 0.230 e. The SMILES string of the molecule is CC(C)SCC(=O)NC(C)C(C)C. The second-order valence-electron chi connectivity index (χ2n) is 3.96. The van der Waals surface area contributed by atoms with Gasteiger partial charge >= 0.3 is 0 Å². The molecule has 13 heavy (non-hydrogen) atoms. The number of carbonyl (C=O) groups is 1. The first kappa shape index (κ1) is 12.8. The van der Waals surface area contributed by atoms with Crippen LogP contribution in [0.2, 0.25) is 0 Å². The number of hydrogen-bond acceptors (Lipinski definition) is 2. The molecule has 3 heteroatoms. The highest BCUT2D eigenvalue weighted by atomic mass is 32.2. The predicted molar refractivity (Wildman–Crippen MR) is 60.0 cm³/mol. The summed E-state index contributed by atoms with van der Waals surface area (Å²) >= 11 is 1.68. The van der Waals surface area contributed by atoms with Crippen molar-refractivity contribution in [1.82, 2.24) is 5.32 Å². The Morgan fingerprint density at radius 2 is 1.77 bits per heavy atom. The summed E-state index contributed by atoms with van der Waals surface area (Å²) in [6.07, 6.45) is 0. The van der Waals surface area contributed by atoms with Gasteiger partial charge in [0.15, 0.2) is 0 Å². The number of thioether (sulfide) groups is 1. The molecule has 0 aliphatic carbocycles. The molecule has 1 amide bonds. The van der Waals surface area contributed by atoms with Crippen LogP contribution in [-0.2, 0) is 4.79 Å². The second-order valence-corrected chi connectivity index (χ2v) is 5.52. The fourth-order valence-electron chi connectivity index (χ4n) is 0.705. The molecule has 0 saturated carbocycles. The Balaban J connectivity index is 3.62. The first-order valence-electron chi connectivity index (χ1n) is 4.84. The van der Waals surface area contributed by atoms with Crippen LogP contribution in [-0.4, -0.2) is 23.0 Å². The zero-order chi connectivity index (χ0) is 10.4. The standard InChI is InChI=1S/C10H21NOS/c1-7(2)9(5)11-10(12)6-13-8(3)4/h7-9H,6H2,1-5H3,(H,11,12). The molecule has 0 aromatic heterocycles. The Morgan fingerprint density at radius 1 is 1.23 bits per heavy atom. The van der Waals surface area contributed by atoms with E-state index in [2.05, 4.69) is 33.0 Å². The van der Waals surface area contributed by atoms with Crippen LogP contribution in [0, 0.1) is 5.92 Å². The van der Waals surface area contributed by atoms with Crippen LogP contribution in [0.5, 0.6) is 0 Å². The number of amides is 1. The fraction of sp³-hybridized carbons (Fsp3) is 0.900. The average Bonchev–Trinajstić information content (AvgIpc) is 2.00. The summed E-state index contributed by atoms with van der Waals surface area (Å²) in [5.41, 5.74) is 0. The lowest BCUT2D eigenvalue weighted by atomic mass is 10.1. The van der Waals surface area contributed by atoms with Gasteiger partial charge in [0, 0.05) is 6.04 Å². The molecular formula is C10H21NOS. The minimum atomic E-state index is 0.153. The zero-order valence-electron chi connectivity index (χ0n) is 9.26. The molecule has 0 bridgehead atoms. The minimum absolute atomic E-state index is 0.153. The summed E-state index contributed by atoms with van der Waals surface area (Å²) < 4.78 is 0. The van der Waals surface area contributed by atoms with Crippen LogP contribution in [0.4, 0.5) is 0 Å². The molecule has 2 nitrogen and oxygen atoms in total. The smallest absolute Gasteiger partial charge is 0.230 e. The third-order valence-electron chi connectivity index (χ3n) is 1.94. The van der Waals surface area contributed by atoms with E-state index >= 15 is 0 Å². The highest BCUT2D eigenvalue weighted by Crippen LogP contribution is 2.08. The Bertz CT molecular complexity index is 157. The molecule has 0 heterocycles. The van der Waals surface area contributed by atoms with Gasteiger partial charge in [0.25, 0.3) is 0 Å². The first-order valence-corrected chi connectivity index (χ1v) is 5.89. The predicted octanol–water partition coefficient (Wildman–Crippen LogP) is 2.29. The molecule has 1 unspecified atom stereocenters. The van der Waals surface area contributed by atoms with E-state index < -0.39 is 0 Å². The quantitative estimate of drug-likeness (QED) is 0.743. The monoisotopic (exact) mass is 203 g/mol. The Labute approximate surface area is 85.9 Å². The van der Waals surface area contributed by atoms with Crippen LogP contribution < -0.4 is 5.32 Å². The zero-order valence-corrected chi connectivity index (χ0v) is 10.1. The maximum atomic E-state index is 11.3. The minimum Gasteiger partial charge on any atom is -0.353 e. The van der Waals surface area contributed by atoms with Gasteiger partial charge in [0.1, 0.15) is 0 Å². The lowest BCUT2D eigenvalue weighted by Crippen LogP contribution is -2.37. The summed E-state index contributed by atoms with van der Waals surface area (Å²) in [5, 5.41) is 3.50. The molecule has 0 saturated heterocycles. The molecule has 0 spiro atoms. The van der Waals surface area contributed by atoms with E-state index in [9.17, 15) is 4.79 Å². The number of rotatable bonds is 5. The summed E-state index contributed by atoms with van der Waals surface area (Å²) in [6, 6.07) is 0.278. The molecule has 0 radical (unpaired) electrons. The fourth-order valence-corrected chi connectivity index (χ4v) is 1.27. The summed E-state index contributed by atoms with van der Waals surface area (Å²) in [7, 11) is 0. The summed E-state index contributed by atoms with van der Waals surface area (Å²) in [4.78, 5) is 11.3. The van der Waals surface area contributed by atoms with Gasteiger partial charge in [-0.3, -0.25) is 4.79 Å². The van der Waals surface area contributed by atoms with Crippen molar-refractivity contribution in [2.45, 2.75) is 45.9 Å². The largest absolute Gasteiger partial charge is 0.353 e. The van der Waals surface area contributed by atoms with Gasteiger partial charge in [0.05, 0.1) is 5.75 Å². The van der Waals surface area contributed by atoms with Crippen molar-refractivity contribution in [3.8, 4) is 0 Å². The van der Waals surface area contributed by atoms with Crippen molar-refractivity contribution >= 4 is 17.7 Å². The van der Waals surface area contributed by atoms with Crippen molar-refractivity contribution in [2.24, 2.45) is 5.92 Å². The van der Waals surface area contributed by atoms with E-state index in [-0.39, 0.29) is 11.9 Å². The third kappa shape index (κ3) is 6.94. The van der Waals surface area contributed by atoms with E-state index in [0.29, 0.717) is 16.9 Å². The molecule has 1 atom stereocenters. The van der Waals surface area contributed by atoms with Crippen LogP contribution in [0.1, 0.15) is 34.6 Å². The van der Waals surface area contributed by atoms with E-state index in [0.717, 1.165) is 0 Å². The lowest BCUT2D eigenvalue weighted by molar-refractivity contribution is -0.119. The highest BCUT2D eigenvalue weighted by molar-refractivity contribution is 8.00. The average molecular weight is 203 g/mol. The number of hydrogen-bond donors (Lipinski definition) is 1. The summed E-state index contributed by atoms with van der Waals surface area (Å²) in [6.45, 7) is 10.5. The van der Waals surface area contributed by atoms with Crippen LogP contribution in [0.25, 0.3) is 0 Å². The van der Waals surface area contributed by atoms with Gasteiger partial charge in [-0.2, -0.15) is 0 Å². The van der Waals surface area contributed by atoms with Crippen molar-refractivity contribution in [3.05, 3.63) is 0 Å². The van der Waals surface area contributed by atoms with Gasteiger partial charge < -0.3 is 5.32 Å². The van der Waals surface area contributed by atoms with E-state index in [1.54, 1.807) is 11.8 Å². The molecule has 0 fully saturated rings. The van der Waals surface area contributed by atoms with E-state index in [1.807, 2.05) is 6.92 Å². The third-order valence-corrected chi connectivity index (χ3v) is 3.03. The number of nitrogens with one attached hydrogen (secondary N) is 1. The van der Waals surface area contributed by atoms with Gasteiger partial charge in [0.2, 0.25) is 5.91 Å². The molecule has 0 aromatic carbocycles. The van der Waals surface area contributed by atoms with Crippen molar-refractivity contribution in [1.29, 1.82) is 0 Å². The highest BCUT2D eigenvalue weighted by Gasteiger charge is 2.10. The van der Waals surface area contributed by atoms with Crippen molar-refractivity contribution < 1.29 is 4.79 Å². The van der Waals surface area contributed by atoms with Crippen LogP contribution in [0.3, 0.4) is 0 Å². The molecule has 0 aliphatic heterocycles. The summed E-state index contributed by atoms with van der Waals surface area (Å²) in [5.74, 6) is 1.24. The van der Waals surface area contributed by atoms with Crippen LogP contribution in [0.15, 0.2) is 0 Å². The normalized spacial score (nSPS) is 13.5. The molecule has 0 aliphatic rings. The molecule has 78 valence electrons. The first-order chi connectivity index (χ1) is 5.93. The molecular weight excluding hydrogens is 182 g/mol. The molecule has 0 rings (SSSR count). The van der Waals surface area contributed by atoms with Crippen molar-refractivity contribution in [3.63, 3.8) is 0 Å². The van der Waals surface area contributed by atoms with Crippen molar-refractivity contribution in [2.75, 3.05) is 5.75 Å². The van der Waals surface area contributed by atoms with Gasteiger partial charge in [-0.1, -0.05) is 27.7 Å². The van der Waals surface area contributed by atoms with Gasteiger partial charge in [-0.15, -0.1) is 11.8 Å². The Kier molecular flexibility index (Phi) is 6.21. The molecule has 0 aromatic rings. The Hall–Kier alpha value is -0.180. The maximum absolute atomic E-state index is 11.3. The number of carbonyl (C=O) groups excluding carboxylic acids is 1. The Morgan fingerprint density at radius 3 is 2.15 bits per heavy atom. The lowest BCUT2D eigenvalue weighted by Gasteiger charge is -2.17.